The lowest BCUT2D eigenvalue weighted by Gasteiger charge is -2.46. The summed E-state index contributed by atoms with van der Waals surface area (Å²) in [5, 5.41) is 0. The van der Waals surface area contributed by atoms with Gasteiger partial charge in [0.15, 0.2) is 0 Å². The molecule has 0 spiro atoms. The monoisotopic (exact) mass is 254 g/mol. The predicted octanol–water partition coefficient (Wildman–Crippen LogP) is 2.39. The SMILES string of the molecule is CC1CCCC(CN)(N(C)CCC2CCCO2)C1. The van der Waals surface area contributed by atoms with E-state index in [1.807, 2.05) is 0 Å². The van der Waals surface area contributed by atoms with E-state index in [2.05, 4.69) is 18.9 Å². The molecule has 2 N–H and O–H groups in total. The Balaban J connectivity index is 1.85. The first-order valence-electron chi connectivity index (χ1n) is 7.69. The summed E-state index contributed by atoms with van der Waals surface area (Å²) in [5.41, 5.74) is 6.37. The number of likely N-dealkylation sites (N-methyl/N-ethyl adjacent to an activating group) is 1. The fourth-order valence-electron chi connectivity index (χ4n) is 3.77. The van der Waals surface area contributed by atoms with E-state index in [-0.39, 0.29) is 5.54 Å². The Morgan fingerprint density at radius 3 is 2.78 bits per heavy atom. The Hall–Kier alpha value is -0.120. The summed E-state index contributed by atoms with van der Waals surface area (Å²) in [6.45, 7) is 5.28. The Morgan fingerprint density at radius 1 is 1.33 bits per heavy atom. The minimum atomic E-state index is 0.260. The van der Waals surface area contributed by atoms with Gasteiger partial charge in [0.05, 0.1) is 6.10 Å². The summed E-state index contributed by atoms with van der Waals surface area (Å²) in [6.07, 6.45) is 9.42. The third-order valence-corrected chi connectivity index (χ3v) is 5.07. The van der Waals surface area contributed by atoms with Gasteiger partial charge in [-0.25, -0.2) is 0 Å². The van der Waals surface area contributed by atoms with Crippen molar-refractivity contribution in [1.82, 2.24) is 4.90 Å². The zero-order valence-electron chi connectivity index (χ0n) is 12.2. The maximum absolute atomic E-state index is 6.11. The van der Waals surface area contributed by atoms with Crippen molar-refractivity contribution in [2.45, 2.75) is 63.5 Å². The van der Waals surface area contributed by atoms with Gasteiger partial charge in [0.1, 0.15) is 0 Å². The van der Waals surface area contributed by atoms with Gasteiger partial charge < -0.3 is 10.5 Å². The van der Waals surface area contributed by atoms with Gasteiger partial charge in [0.2, 0.25) is 0 Å². The fourth-order valence-corrected chi connectivity index (χ4v) is 3.77. The Labute approximate surface area is 112 Å². The molecule has 0 amide bonds. The first kappa shape index (κ1) is 14.3. The van der Waals surface area contributed by atoms with Gasteiger partial charge in [-0.05, 0) is 45.1 Å². The molecule has 0 aromatic carbocycles. The van der Waals surface area contributed by atoms with Gasteiger partial charge in [-0.3, -0.25) is 4.90 Å². The summed E-state index contributed by atoms with van der Waals surface area (Å²) in [4.78, 5) is 2.53. The smallest absolute Gasteiger partial charge is 0.0588 e. The van der Waals surface area contributed by atoms with Gasteiger partial charge in [-0.15, -0.1) is 0 Å². The molecule has 2 rings (SSSR count). The molecule has 2 fully saturated rings. The van der Waals surface area contributed by atoms with E-state index in [0.29, 0.717) is 6.10 Å². The highest BCUT2D eigenvalue weighted by Gasteiger charge is 2.37. The van der Waals surface area contributed by atoms with Crippen LogP contribution in [0.25, 0.3) is 0 Å². The van der Waals surface area contributed by atoms with Crippen molar-refractivity contribution < 1.29 is 4.74 Å². The second-order valence-corrected chi connectivity index (χ2v) is 6.48. The summed E-state index contributed by atoms with van der Waals surface area (Å²) in [5.74, 6) is 0.826. The number of nitrogens with zero attached hydrogens (tertiary/aromatic N) is 1. The average Bonchev–Trinajstić information content (AvgIpc) is 2.88. The fraction of sp³-hybridized carbons (Fsp3) is 1.00. The van der Waals surface area contributed by atoms with Crippen LogP contribution >= 0.6 is 0 Å². The van der Waals surface area contributed by atoms with E-state index in [4.69, 9.17) is 10.5 Å². The van der Waals surface area contributed by atoms with Gasteiger partial charge in [0.25, 0.3) is 0 Å². The quantitative estimate of drug-likeness (QED) is 0.819. The van der Waals surface area contributed by atoms with Crippen LogP contribution in [0.15, 0.2) is 0 Å². The molecule has 1 aliphatic carbocycles. The summed E-state index contributed by atoms with van der Waals surface area (Å²) >= 11 is 0. The van der Waals surface area contributed by atoms with Crippen molar-refractivity contribution in [2.24, 2.45) is 11.7 Å². The molecule has 1 saturated heterocycles. The number of hydrogen-bond donors (Lipinski definition) is 1. The molecule has 2 aliphatic rings. The van der Waals surface area contributed by atoms with Crippen LogP contribution in [0, 0.1) is 5.92 Å². The van der Waals surface area contributed by atoms with Crippen molar-refractivity contribution >= 4 is 0 Å². The van der Waals surface area contributed by atoms with Crippen molar-refractivity contribution in [3.63, 3.8) is 0 Å². The molecule has 3 nitrogen and oxygen atoms in total. The molecule has 1 heterocycles. The van der Waals surface area contributed by atoms with Gasteiger partial charge >= 0.3 is 0 Å². The second-order valence-electron chi connectivity index (χ2n) is 6.48. The van der Waals surface area contributed by atoms with Crippen molar-refractivity contribution in [1.29, 1.82) is 0 Å². The van der Waals surface area contributed by atoms with E-state index in [1.54, 1.807) is 0 Å². The lowest BCUT2D eigenvalue weighted by atomic mass is 9.75. The first-order valence-corrected chi connectivity index (χ1v) is 7.69. The molecule has 0 radical (unpaired) electrons. The largest absolute Gasteiger partial charge is 0.378 e. The third kappa shape index (κ3) is 3.25. The summed E-state index contributed by atoms with van der Waals surface area (Å²) < 4.78 is 5.72. The molecule has 1 saturated carbocycles. The molecule has 3 atom stereocenters. The Morgan fingerprint density at radius 2 is 2.17 bits per heavy atom. The van der Waals surface area contributed by atoms with Crippen molar-refractivity contribution in [3.8, 4) is 0 Å². The van der Waals surface area contributed by atoms with E-state index >= 15 is 0 Å². The van der Waals surface area contributed by atoms with E-state index in [0.717, 1.165) is 25.6 Å². The minimum Gasteiger partial charge on any atom is -0.378 e. The van der Waals surface area contributed by atoms with Crippen molar-refractivity contribution in [2.75, 3.05) is 26.7 Å². The molecule has 3 heteroatoms. The van der Waals surface area contributed by atoms with Gasteiger partial charge in [-0.2, -0.15) is 0 Å². The molecular formula is C15H30N2O. The normalized spacial score (nSPS) is 37.3. The van der Waals surface area contributed by atoms with Crippen LogP contribution in [-0.4, -0.2) is 43.3 Å². The number of ether oxygens (including phenoxy) is 1. The third-order valence-electron chi connectivity index (χ3n) is 5.07. The van der Waals surface area contributed by atoms with Crippen LogP contribution in [0.3, 0.4) is 0 Å². The van der Waals surface area contributed by atoms with E-state index in [1.165, 1.54) is 44.9 Å². The highest BCUT2D eigenvalue weighted by atomic mass is 16.5. The van der Waals surface area contributed by atoms with Gasteiger partial charge in [0, 0.05) is 25.2 Å². The molecule has 0 bridgehead atoms. The Kier molecular flexibility index (Phi) is 5.05. The van der Waals surface area contributed by atoms with Crippen LogP contribution in [-0.2, 0) is 4.74 Å². The van der Waals surface area contributed by atoms with Crippen LogP contribution < -0.4 is 5.73 Å². The molecule has 0 aromatic heterocycles. The molecule has 1 aliphatic heterocycles. The minimum absolute atomic E-state index is 0.260. The topological polar surface area (TPSA) is 38.5 Å². The van der Waals surface area contributed by atoms with Gasteiger partial charge in [-0.1, -0.05) is 19.8 Å². The maximum Gasteiger partial charge on any atom is 0.0588 e. The van der Waals surface area contributed by atoms with Crippen LogP contribution in [0.4, 0.5) is 0 Å². The van der Waals surface area contributed by atoms with Crippen molar-refractivity contribution in [3.05, 3.63) is 0 Å². The standard InChI is InChI=1S/C15H30N2O/c1-13-5-3-8-15(11-13,12-16)17(2)9-7-14-6-4-10-18-14/h13-14H,3-12,16H2,1-2H3. The molecule has 3 unspecified atom stereocenters. The zero-order valence-corrected chi connectivity index (χ0v) is 12.2. The molecular weight excluding hydrogens is 224 g/mol. The maximum atomic E-state index is 6.11. The predicted molar refractivity (Wildman–Crippen MR) is 75.6 cm³/mol. The second kappa shape index (κ2) is 6.36. The number of rotatable bonds is 5. The van der Waals surface area contributed by atoms with Crippen LogP contribution in [0.2, 0.25) is 0 Å². The number of nitrogens with two attached hydrogens (primary N) is 1. The highest BCUT2D eigenvalue weighted by molar-refractivity contribution is 4.94. The average molecular weight is 254 g/mol. The van der Waals surface area contributed by atoms with E-state index in [9.17, 15) is 0 Å². The highest BCUT2D eigenvalue weighted by Crippen LogP contribution is 2.35. The van der Waals surface area contributed by atoms with Crippen LogP contribution in [0.1, 0.15) is 51.9 Å². The molecule has 18 heavy (non-hydrogen) atoms. The number of hydrogen-bond acceptors (Lipinski definition) is 3. The first-order chi connectivity index (χ1) is 8.66. The molecule has 0 aromatic rings. The summed E-state index contributed by atoms with van der Waals surface area (Å²) in [6, 6.07) is 0. The van der Waals surface area contributed by atoms with Crippen LogP contribution in [0.5, 0.6) is 0 Å². The zero-order chi connectivity index (χ0) is 13.0. The lowest BCUT2D eigenvalue weighted by molar-refractivity contribution is 0.0391. The lowest BCUT2D eigenvalue weighted by Crippen LogP contribution is -2.55. The van der Waals surface area contributed by atoms with E-state index < -0.39 is 0 Å². The summed E-state index contributed by atoms with van der Waals surface area (Å²) in [7, 11) is 2.26. The Bertz CT molecular complexity index is 253. The molecule has 106 valence electrons.